The summed E-state index contributed by atoms with van der Waals surface area (Å²) in [5.41, 5.74) is -1.41. The number of nitrogens with one attached hydrogen (secondary N) is 2. The van der Waals surface area contributed by atoms with Gasteiger partial charge in [0, 0.05) is 36.7 Å². The molecule has 2 aromatic carbocycles. The van der Waals surface area contributed by atoms with Crippen LogP contribution in [-0.2, 0) is 14.8 Å². The Morgan fingerprint density at radius 1 is 1.17 bits per heavy atom. The van der Waals surface area contributed by atoms with E-state index in [1.165, 1.54) is 6.07 Å². The zero-order valence-corrected chi connectivity index (χ0v) is 20.3. The lowest BCUT2D eigenvalue weighted by atomic mass is 10.1. The van der Waals surface area contributed by atoms with E-state index in [1.54, 1.807) is 0 Å². The summed E-state index contributed by atoms with van der Waals surface area (Å²) < 4.78 is 75.3. The van der Waals surface area contributed by atoms with Crippen LogP contribution < -0.4 is 14.8 Å². The molecule has 1 fully saturated rings. The van der Waals surface area contributed by atoms with Crippen molar-refractivity contribution in [1.29, 1.82) is 0 Å². The number of hydrogen-bond donors (Lipinski definition) is 4. The molecule has 1 heterocycles. The first-order valence-corrected chi connectivity index (χ1v) is 12.4. The van der Waals surface area contributed by atoms with Crippen LogP contribution in [0, 0.1) is 0 Å². The number of alkyl halides is 3. The van der Waals surface area contributed by atoms with Gasteiger partial charge in [0.1, 0.15) is 16.4 Å². The highest BCUT2D eigenvalue weighted by atomic mass is 79.9. The first kappa shape index (κ1) is 26.8. The van der Waals surface area contributed by atoms with Crippen LogP contribution in [0.15, 0.2) is 39.7 Å². The average molecular weight is 584 g/mol. The van der Waals surface area contributed by atoms with E-state index in [2.05, 4.69) is 26.0 Å². The van der Waals surface area contributed by atoms with Gasteiger partial charge in [0.25, 0.3) is 15.9 Å². The van der Waals surface area contributed by atoms with Crippen molar-refractivity contribution in [2.75, 3.05) is 44.1 Å². The monoisotopic (exact) mass is 583 g/mol. The van der Waals surface area contributed by atoms with Crippen LogP contribution in [-0.4, -0.2) is 75.2 Å². The summed E-state index contributed by atoms with van der Waals surface area (Å²) >= 11 is 3.06. The fourth-order valence-corrected chi connectivity index (χ4v) is 4.90. The van der Waals surface area contributed by atoms with E-state index in [-0.39, 0.29) is 11.0 Å². The van der Waals surface area contributed by atoms with Gasteiger partial charge in [-0.2, -0.15) is 0 Å². The molecule has 0 aliphatic carbocycles. The Labute approximate surface area is 206 Å². The smallest absolute Gasteiger partial charge is 0.507 e. The molecule has 0 spiro atoms. The molecule has 15 heteroatoms. The van der Waals surface area contributed by atoms with Gasteiger partial charge in [0.2, 0.25) is 0 Å². The number of benzene rings is 2. The average Bonchev–Trinajstić information content (AvgIpc) is 2.77. The van der Waals surface area contributed by atoms with Crippen LogP contribution >= 0.6 is 15.9 Å². The van der Waals surface area contributed by atoms with Crippen LogP contribution in [0.1, 0.15) is 10.4 Å². The van der Waals surface area contributed by atoms with Crippen LogP contribution in [0.4, 0.5) is 18.9 Å². The second-order valence-corrected chi connectivity index (χ2v) is 9.91. The quantitative estimate of drug-likeness (QED) is 0.348. The fraction of sp³-hybridized carbons (Fsp3) is 0.350. The van der Waals surface area contributed by atoms with Gasteiger partial charge < -0.3 is 25.0 Å². The molecule has 0 radical (unpaired) electrons. The van der Waals surface area contributed by atoms with E-state index in [0.717, 1.165) is 12.1 Å². The van der Waals surface area contributed by atoms with Crippen LogP contribution in [0.5, 0.6) is 17.2 Å². The molecule has 1 aliphatic rings. The van der Waals surface area contributed by atoms with Gasteiger partial charge in [-0.15, -0.1) is 13.2 Å². The SMILES string of the molecule is O=C(NCCN1CCOCC1)c1cc(OC(F)(F)F)cc(NS(=O)(=O)c2cc(Br)ccc2O)c1O. The number of ether oxygens (including phenoxy) is 2. The van der Waals surface area contributed by atoms with Crippen molar-refractivity contribution >= 4 is 37.5 Å². The molecule has 0 atom stereocenters. The maximum atomic E-state index is 12.8. The molecule has 4 N–H and O–H groups in total. The zero-order chi connectivity index (χ0) is 25.8. The number of hydrogen-bond acceptors (Lipinski definition) is 8. The molecule has 0 saturated carbocycles. The van der Waals surface area contributed by atoms with Gasteiger partial charge in [-0.3, -0.25) is 14.4 Å². The van der Waals surface area contributed by atoms with E-state index in [4.69, 9.17) is 4.74 Å². The molecule has 35 heavy (non-hydrogen) atoms. The summed E-state index contributed by atoms with van der Waals surface area (Å²) in [4.78, 5) is 14.0. The topological polar surface area (TPSA) is 137 Å². The molecule has 2 aromatic rings. The number of carbonyl (C=O) groups is 1. The Bertz CT molecular complexity index is 1190. The van der Waals surface area contributed by atoms with Gasteiger partial charge in [-0.05, 0) is 24.3 Å². The number of carbonyl (C=O) groups excluding carboxylic acids is 1. The van der Waals surface area contributed by atoms with Crippen molar-refractivity contribution in [3.63, 3.8) is 0 Å². The summed E-state index contributed by atoms with van der Waals surface area (Å²) in [6.07, 6.45) is -5.15. The van der Waals surface area contributed by atoms with Gasteiger partial charge in [-0.1, -0.05) is 15.9 Å². The number of phenols is 2. The summed E-state index contributed by atoms with van der Waals surface area (Å²) in [5.74, 6) is -3.47. The lowest BCUT2D eigenvalue weighted by Gasteiger charge is -2.26. The Morgan fingerprint density at radius 3 is 2.51 bits per heavy atom. The van der Waals surface area contributed by atoms with Crippen LogP contribution in [0.3, 0.4) is 0 Å². The molecule has 1 amide bonds. The second-order valence-electron chi connectivity index (χ2n) is 7.34. The molecule has 0 aromatic heterocycles. The number of amides is 1. The lowest BCUT2D eigenvalue weighted by molar-refractivity contribution is -0.274. The highest BCUT2D eigenvalue weighted by Crippen LogP contribution is 2.37. The van der Waals surface area contributed by atoms with Gasteiger partial charge in [-0.25, -0.2) is 8.42 Å². The van der Waals surface area contributed by atoms with E-state index >= 15 is 0 Å². The van der Waals surface area contributed by atoms with Gasteiger partial charge >= 0.3 is 6.36 Å². The van der Waals surface area contributed by atoms with Gasteiger partial charge in [0.05, 0.1) is 24.5 Å². The molecule has 192 valence electrons. The van der Waals surface area contributed by atoms with Crippen molar-refractivity contribution < 1.29 is 46.1 Å². The predicted octanol–water partition coefficient (Wildman–Crippen LogP) is 2.62. The number of sulfonamides is 1. The fourth-order valence-electron chi connectivity index (χ4n) is 3.20. The largest absolute Gasteiger partial charge is 0.573 e. The lowest BCUT2D eigenvalue weighted by Crippen LogP contribution is -2.41. The van der Waals surface area contributed by atoms with Crippen molar-refractivity contribution in [2.24, 2.45) is 0 Å². The highest BCUT2D eigenvalue weighted by molar-refractivity contribution is 9.10. The molecule has 0 unspecified atom stereocenters. The summed E-state index contributed by atoms with van der Waals surface area (Å²) in [6.45, 7) is 2.88. The predicted molar refractivity (Wildman–Crippen MR) is 121 cm³/mol. The van der Waals surface area contributed by atoms with Crippen molar-refractivity contribution in [3.05, 3.63) is 40.4 Å². The third kappa shape index (κ3) is 7.37. The summed E-state index contributed by atoms with van der Waals surface area (Å²) in [5, 5.41) is 22.9. The Kier molecular flexibility index (Phi) is 8.35. The standard InChI is InChI=1S/C20H21BrF3N3O7S/c21-12-1-2-16(28)17(9-12)35(31,32)26-15-11-13(34-20(22,23)24)10-14(18(15)29)19(30)25-3-4-27-5-7-33-8-6-27/h1-2,9-11,26,28-29H,3-8H2,(H,25,30). The number of nitrogens with zero attached hydrogens (tertiary/aromatic N) is 1. The van der Waals surface area contributed by atoms with Crippen molar-refractivity contribution in [3.8, 4) is 17.2 Å². The molecule has 1 aliphatic heterocycles. The minimum absolute atomic E-state index is 0.107. The van der Waals surface area contributed by atoms with Crippen LogP contribution in [0.2, 0.25) is 0 Å². The second kappa shape index (κ2) is 10.9. The van der Waals surface area contributed by atoms with Gasteiger partial charge in [0.15, 0.2) is 5.75 Å². The number of anilines is 1. The van der Waals surface area contributed by atoms with Crippen molar-refractivity contribution in [1.82, 2.24) is 10.2 Å². The van der Waals surface area contributed by atoms with E-state index in [9.17, 15) is 36.6 Å². The summed E-state index contributed by atoms with van der Waals surface area (Å²) in [6, 6.07) is 4.70. The Balaban J connectivity index is 1.89. The highest BCUT2D eigenvalue weighted by Gasteiger charge is 2.33. The molecular formula is C20H21BrF3N3O7S. The molecular weight excluding hydrogens is 563 g/mol. The van der Waals surface area contributed by atoms with Crippen LogP contribution in [0.25, 0.3) is 0 Å². The zero-order valence-electron chi connectivity index (χ0n) is 17.9. The third-order valence-corrected chi connectivity index (χ3v) is 6.72. The normalized spacial score (nSPS) is 15.0. The molecule has 0 bridgehead atoms. The minimum Gasteiger partial charge on any atom is -0.507 e. The van der Waals surface area contributed by atoms with Crippen molar-refractivity contribution in [2.45, 2.75) is 11.3 Å². The number of rotatable bonds is 8. The minimum atomic E-state index is -5.15. The number of morpholine rings is 1. The number of aromatic hydroxyl groups is 2. The first-order valence-electron chi connectivity index (χ1n) is 10.1. The molecule has 3 rings (SSSR count). The Hall–Kier alpha value is -2.75. The maximum absolute atomic E-state index is 12.8. The Morgan fingerprint density at radius 2 is 1.86 bits per heavy atom. The number of phenolic OH excluding ortho intramolecular Hbond substituents is 2. The van der Waals surface area contributed by atoms with E-state index in [1.807, 2.05) is 9.62 Å². The van der Waals surface area contributed by atoms with E-state index in [0.29, 0.717) is 45.0 Å². The molecule has 10 nitrogen and oxygen atoms in total. The maximum Gasteiger partial charge on any atom is 0.573 e. The number of halogens is 4. The molecule has 1 saturated heterocycles. The third-order valence-electron chi connectivity index (χ3n) is 4.83. The van der Waals surface area contributed by atoms with E-state index < -0.39 is 55.7 Å². The summed E-state index contributed by atoms with van der Waals surface area (Å²) in [7, 11) is -4.60. The first-order chi connectivity index (χ1) is 16.4.